The van der Waals surface area contributed by atoms with E-state index in [0.29, 0.717) is 24.7 Å². The molecule has 1 fully saturated rings. The molecule has 100 valence electrons. The van der Waals surface area contributed by atoms with Crippen molar-refractivity contribution in [1.29, 1.82) is 0 Å². The van der Waals surface area contributed by atoms with Crippen LogP contribution in [0.2, 0.25) is 0 Å². The monoisotopic (exact) mass is 266 g/mol. The van der Waals surface area contributed by atoms with Gasteiger partial charge in [-0.1, -0.05) is 19.3 Å². The molecule has 0 N–H and O–H groups in total. The van der Waals surface area contributed by atoms with Gasteiger partial charge in [-0.15, -0.1) is 0 Å². The molecule has 0 bridgehead atoms. The summed E-state index contributed by atoms with van der Waals surface area (Å²) in [4.78, 5) is 11.7. The molecule has 0 unspecified atom stereocenters. The van der Waals surface area contributed by atoms with Crippen LogP contribution in [0.15, 0.2) is 12.3 Å². The smallest absolute Gasteiger partial charge is 0.139 e. The molecule has 1 aliphatic carbocycles. The summed E-state index contributed by atoms with van der Waals surface area (Å²) in [6.07, 6.45) is 11.7. The van der Waals surface area contributed by atoms with E-state index in [0.717, 1.165) is 11.4 Å². The van der Waals surface area contributed by atoms with Gasteiger partial charge in [-0.3, -0.25) is 9.48 Å². The molecule has 2 rings (SSSR count). The Morgan fingerprint density at radius 3 is 2.94 bits per heavy atom. The number of hydrogen-bond donors (Lipinski definition) is 0. The number of hydrogen-bond acceptors (Lipinski definition) is 3. The molecule has 1 saturated carbocycles. The SMILES string of the molecule is CSCCC(=O)Cc1ccn(C2CCCCC2)n1. The van der Waals surface area contributed by atoms with E-state index in [4.69, 9.17) is 0 Å². The summed E-state index contributed by atoms with van der Waals surface area (Å²) in [5.74, 6) is 1.22. The summed E-state index contributed by atoms with van der Waals surface area (Å²) in [7, 11) is 0. The zero-order chi connectivity index (χ0) is 12.8. The van der Waals surface area contributed by atoms with E-state index in [-0.39, 0.29) is 0 Å². The van der Waals surface area contributed by atoms with Gasteiger partial charge < -0.3 is 0 Å². The lowest BCUT2D eigenvalue weighted by atomic mass is 9.96. The Balaban J connectivity index is 1.87. The van der Waals surface area contributed by atoms with Gasteiger partial charge in [0.1, 0.15) is 5.78 Å². The van der Waals surface area contributed by atoms with Crippen LogP contribution >= 0.6 is 11.8 Å². The summed E-state index contributed by atoms with van der Waals surface area (Å²) >= 11 is 1.72. The molecule has 0 saturated heterocycles. The molecule has 0 radical (unpaired) electrons. The maximum atomic E-state index is 11.7. The zero-order valence-corrected chi connectivity index (χ0v) is 11.9. The lowest BCUT2D eigenvalue weighted by Gasteiger charge is -2.21. The van der Waals surface area contributed by atoms with E-state index < -0.39 is 0 Å². The summed E-state index contributed by atoms with van der Waals surface area (Å²) in [6, 6.07) is 2.57. The molecular weight excluding hydrogens is 244 g/mol. The van der Waals surface area contributed by atoms with Crippen LogP contribution in [0.5, 0.6) is 0 Å². The first-order chi connectivity index (χ1) is 8.79. The van der Waals surface area contributed by atoms with Gasteiger partial charge in [0.05, 0.1) is 18.2 Å². The van der Waals surface area contributed by atoms with Crippen molar-refractivity contribution in [3.8, 4) is 0 Å². The maximum absolute atomic E-state index is 11.7. The largest absolute Gasteiger partial charge is 0.299 e. The Hall–Kier alpha value is -0.770. The number of aromatic nitrogens is 2. The van der Waals surface area contributed by atoms with Gasteiger partial charge in [0.25, 0.3) is 0 Å². The van der Waals surface area contributed by atoms with Crippen LogP contribution in [0.1, 0.15) is 50.3 Å². The fraction of sp³-hybridized carbons (Fsp3) is 0.714. The fourth-order valence-electron chi connectivity index (χ4n) is 2.53. The van der Waals surface area contributed by atoms with Gasteiger partial charge in [0.2, 0.25) is 0 Å². The third kappa shape index (κ3) is 3.87. The highest BCUT2D eigenvalue weighted by molar-refractivity contribution is 7.98. The van der Waals surface area contributed by atoms with Crippen molar-refractivity contribution in [2.75, 3.05) is 12.0 Å². The Bertz CT molecular complexity index is 383. The van der Waals surface area contributed by atoms with Gasteiger partial charge >= 0.3 is 0 Å². The average molecular weight is 266 g/mol. The Kier molecular flexibility index (Phi) is 5.29. The highest BCUT2D eigenvalue weighted by atomic mass is 32.2. The highest BCUT2D eigenvalue weighted by Crippen LogP contribution is 2.27. The molecule has 1 heterocycles. The number of thioether (sulfide) groups is 1. The van der Waals surface area contributed by atoms with Crippen LogP contribution in [0.3, 0.4) is 0 Å². The minimum absolute atomic E-state index is 0.304. The summed E-state index contributed by atoms with van der Waals surface area (Å²) < 4.78 is 2.08. The molecule has 1 aromatic rings. The number of Topliss-reactive ketones (excluding diaryl/α,β-unsaturated/α-hetero) is 1. The van der Waals surface area contributed by atoms with E-state index in [1.807, 2.05) is 18.5 Å². The second kappa shape index (κ2) is 6.98. The maximum Gasteiger partial charge on any atom is 0.139 e. The first-order valence-corrected chi connectivity index (χ1v) is 8.23. The Morgan fingerprint density at radius 2 is 2.22 bits per heavy atom. The van der Waals surface area contributed by atoms with Crippen LogP contribution in [0, 0.1) is 0 Å². The molecule has 18 heavy (non-hydrogen) atoms. The van der Waals surface area contributed by atoms with E-state index in [9.17, 15) is 4.79 Å². The Morgan fingerprint density at radius 1 is 1.44 bits per heavy atom. The molecule has 3 nitrogen and oxygen atoms in total. The molecule has 0 aliphatic heterocycles. The number of ketones is 1. The number of carbonyl (C=O) groups excluding carboxylic acids is 1. The normalized spacial score (nSPS) is 16.9. The van der Waals surface area contributed by atoms with E-state index in [1.165, 1.54) is 32.1 Å². The first kappa shape index (κ1) is 13.7. The van der Waals surface area contributed by atoms with Gasteiger partial charge in [-0.05, 0) is 30.9 Å². The van der Waals surface area contributed by atoms with Crippen LogP contribution in [-0.4, -0.2) is 27.6 Å². The minimum Gasteiger partial charge on any atom is -0.299 e. The molecule has 1 aromatic heterocycles. The van der Waals surface area contributed by atoms with E-state index in [1.54, 1.807) is 11.8 Å². The molecule has 1 aliphatic rings. The lowest BCUT2D eigenvalue weighted by Crippen LogP contribution is -2.14. The molecular formula is C14H22N2OS. The van der Waals surface area contributed by atoms with Crippen molar-refractivity contribution in [1.82, 2.24) is 9.78 Å². The quantitative estimate of drug-likeness (QED) is 0.792. The number of nitrogens with zero attached hydrogens (tertiary/aromatic N) is 2. The van der Waals surface area contributed by atoms with Crippen LogP contribution in [0.25, 0.3) is 0 Å². The van der Waals surface area contributed by atoms with Gasteiger partial charge in [-0.2, -0.15) is 16.9 Å². The van der Waals surface area contributed by atoms with Crippen LogP contribution in [-0.2, 0) is 11.2 Å². The fourth-order valence-corrected chi connectivity index (χ4v) is 2.96. The topological polar surface area (TPSA) is 34.9 Å². The van der Waals surface area contributed by atoms with Crippen molar-refractivity contribution in [2.24, 2.45) is 0 Å². The average Bonchev–Trinajstić information content (AvgIpc) is 2.86. The highest BCUT2D eigenvalue weighted by Gasteiger charge is 2.16. The van der Waals surface area contributed by atoms with Crippen molar-refractivity contribution in [3.63, 3.8) is 0 Å². The van der Waals surface area contributed by atoms with Crippen molar-refractivity contribution in [3.05, 3.63) is 18.0 Å². The van der Waals surface area contributed by atoms with Crippen molar-refractivity contribution in [2.45, 2.75) is 51.0 Å². The molecule has 0 amide bonds. The summed E-state index contributed by atoms with van der Waals surface area (Å²) in [5, 5.41) is 4.57. The predicted molar refractivity (Wildman–Crippen MR) is 76.1 cm³/mol. The standard InChI is InChI=1S/C14H22N2OS/c1-18-10-8-14(17)11-12-7-9-16(15-12)13-5-3-2-4-6-13/h7,9,13H,2-6,8,10-11H2,1H3. The Labute approximate surface area is 113 Å². The van der Waals surface area contributed by atoms with Crippen LogP contribution in [0.4, 0.5) is 0 Å². The van der Waals surface area contributed by atoms with Gasteiger partial charge in [0, 0.05) is 12.6 Å². The second-order valence-electron chi connectivity index (χ2n) is 5.04. The van der Waals surface area contributed by atoms with E-state index >= 15 is 0 Å². The second-order valence-corrected chi connectivity index (χ2v) is 6.02. The molecule has 4 heteroatoms. The third-order valence-corrected chi connectivity index (χ3v) is 4.19. The summed E-state index contributed by atoms with van der Waals surface area (Å²) in [6.45, 7) is 0. The van der Waals surface area contributed by atoms with Crippen molar-refractivity contribution >= 4 is 17.5 Å². The van der Waals surface area contributed by atoms with E-state index in [2.05, 4.69) is 9.78 Å². The lowest BCUT2D eigenvalue weighted by molar-refractivity contribution is -0.118. The molecule has 0 atom stereocenters. The van der Waals surface area contributed by atoms with Crippen molar-refractivity contribution < 1.29 is 4.79 Å². The van der Waals surface area contributed by atoms with Gasteiger partial charge in [-0.25, -0.2) is 0 Å². The predicted octanol–water partition coefficient (Wildman–Crippen LogP) is 3.25. The van der Waals surface area contributed by atoms with Gasteiger partial charge in [0.15, 0.2) is 0 Å². The summed E-state index contributed by atoms with van der Waals surface area (Å²) in [5.41, 5.74) is 0.937. The van der Waals surface area contributed by atoms with Crippen LogP contribution < -0.4 is 0 Å². The number of rotatable bonds is 6. The number of carbonyl (C=O) groups is 1. The third-order valence-electron chi connectivity index (χ3n) is 3.58. The minimum atomic E-state index is 0.304. The first-order valence-electron chi connectivity index (χ1n) is 6.84. The molecule has 0 aromatic carbocycles. The zero-order valence-electron chi connectivity index (χ0n) is 11.1. The molecule has 0 spiro atoms.